The van der Waals surface area contributed by atoms with Gasteiger partial charge in [0.05, 0.1) is 6.61 Å². The molecule has 2 N–H and O–H groups in total. The van der Waals surface area contributed by atoms with Gasteiger partial charge in [0.25, 0.3) is 5.91 Å². The van der Waals surface area contributed by atoms with Crippen LogP contribution in [0.5, 0.6) is 5.75 Å². The summed E-state index contributed by atoms with van der Waals surface area (Å²) in [6, 6.07) is 24.7. The van der Waals surface area contributed by atoms with Crippen molar-refractivity contribution in [2.45, 2.75) is 24.9 Å². The van der Waals surface area contributed by atoms with Crippen molar-refractivity contribution in [1.82, 2.24) is 5.32 Å². The number of nitrogens with zero attached hydrogens (tertiary/aromatic N) is 1. The van der Waals surface area contributed by atoms with Crippen LogP contribution in [0.25, 0.3) is 6.08 Å². The van der Waals surface area contributed by atoms with Crippen LogP contribution in [-0.2, 0) is 16.1 Å². The van der Waals surface area contributed by atoms with Gasteiger partial charge in [0, 0.05) is 36.6 Å². The standard InChI is InChI=1S/C29H29ClN2O4/c30-26-12-5-4-11-24(26)20-31-28(34)29(17-6-10-22-8-2-1-3-9-22)21-36-27(32-29)23-13-15-25(16-14-23)35-19-7-18-33/h1-6,8-16,33H,7,17-21H2,(H,31,34)/b10-6+/t29-/m1/s1. The van der Waals surface area contributed by atoms with Crippen LogP contribution in [-0.4, -0.2) is 42.3 Å². The Morgan fingerprint density at radius 3 is 2.58 bits per heavy atom. The van der Waals surface area contributed by atoms with Gasteiger partial charge in [-0.25, -0.2) is 4.99 Å². The number of hydrogen-bond donors (Lipinski definition) is 2. The Balaban J connectivity index is 1.53. The van der Waals surface area contributed by atoms with Gasteiger partial charge in [0.2, 0.25) is 5.90 Å². The highest BCUT2D eigenvalue weighted by Gasteiger charge is 2.43. The fourth-order valence-electron chi connectivity index (χ4n) is 3.79. The predicted octanol–water partition coefficient (Wildman–Crippen LogP) is 5.04. The summed E-state index contributed by atoms with van der Waals surface area (Å²) in [5.41, 5.74) is 1.54. The molecule has 1 amide bonds. The smallest absolute Gasteiger partial charge is 0.252 e. The third-order valence-electron chi connectivity index (χ3n) is 5.82. The van der Waals surface area contributed by atoms with Crippen LogP contribution >= 0.6 is 11.6 Å². The maximum absolute atomic E-state index is 13.5. The minimum absolute atomic E-state index is 0.0854. The molecule has 0 bridgehead atoms. The van der Waals surface area contributed by atoms with Crippen molar-refractivity contribution in [3.63, 3.8) is 0 Å². The SMILES string of the molecule is O=C(NCc1ccccc1Cl)[C@@]1(C/C=C/c2ccccc2)COC(c2ccc(OCCCO)cc2)=N1. The second kappa shape index (κ2) is 12.4. The summed E-state index contributed by atoms with van der Waals surface area (Å²) in [6.45, 7) is 0.954. The van der Waals surface area contributed by atoms with Crippen molar-refractivity contribution in [1.29, 1.82) is 0 Å². The maximum atomic E-state index is 13.5. The lowest BCUT2D eigenvalue weighted by molar-refractivity contribution is -0.126. The summed E-state index contributed by atoms with van der Waals surface area (Å²) in [5, 5.41) is 12.5. The molecule has 7 heteroatoms. The van der Waals surface area contributed by atoms with E-state index in [0.29, 0.717) is 42.7 Å². The van der Waals surface area contributed by atoms with Crippen molar-refractivity contribution < 1.29 is 19.4 Å². The molecule has 0 aromatic heterocycles. The van der Waals surface area contributed by atoms with Crippen LogP contribution in [0.2, 0.25) is 5.02 Å². The van der Waals surface area contributed by atoms with E-state index in [0.717, 1.165) is 16.7 Å². The van der Waals surface area contributed by atoms with Crippen molar-refractivity contribution in [2.75, 3.05) is 19.8 Å². The molecule has 0 fully saturated rings. The Morgan fingerprint density at radius 2 is 1.83 bits per heavy atom. The second-order valence-electron chi connectivity index (χ2n) is 8.48. The number of nitrogens with one attached hydrogen (secondary N) is 1. The highest BCUT2D eigenvalue weighted by molar-refractivity contribution is 6.31. The van der Waals surface area contributed by atoms with Crippen molar-refractivity contribution in [3.05, 3.63) is 107 Å². The first kappa shape index (κ1) is 25.5. The minimum Gasteiger partial charge on any atom is -0.494 e. The van der Waals surface area contributed by atoms with Gasteiger partial charge in [-0.3, -0.25) is 4.79 Å². The number of ether oxygens (including phenoxy) is 2. The Kier molecular flexibility index (Phi) is 8.76. The average Bonchev–Trinajstić information content (AvgIpc) is 3.35. The summed E-state index contributed by atoms with van der Waals surface area (Å²) in [7, 11) is 0. The number of aliphatic hydroxyl groups excluding tert-OH is 1. The molecule has 186 valence electrons. The number of carbonyl (C=O) groups excluding carboxylic acids is 1. The molecule has 1 aliphatic heterocycles. The van der Waals surface area contributed by atoms with Crippen LogP contribution in [0.1, 0.15) is 29.5 Å². The van der Waals surface area contributed by atoms with Crippen LogP contribution in [0.4, 0.5) is 0 Å². The molecule has 36 heavy (non-hydrogen) atoms. The molecule has 6 nitrogen and oxygen atoms in total. The van der Waals surface area contributed by atoms with E-state index in [2.05, 4.69) is 5.32 Å². The molecule has 0 aliphatic carbocycles. The largest absolute Gasteiger partial charge is 0.494 e. The third-order valence-corrected chi connectivity index (χ3v) is 6.19. The molecule has 1 heterocycles. The molecular weight excluding hydrogens is 476 g/mol. The van der Waals surface area contributed by atoms with E-state index in [9.17, 15) is 4.79 Å². The number of rotatable bonds is 11. The van der Waals surface area contributed by atoms with E-state index in [1.807, 2.05) is 84.9 Å². The Labute approximate surface area is 216 Å². The van der Waals surface area contributed by atoms with Crippen molar-refractivity contribution >= 4 is 29.5 Å². The molecule has 1 atom stereocenters. The summed E-state index contributed by atoms with van der Waals surface area (Å²) in [4.78, 5) is 18.2. The van der Waals surface area contributed by atoms with Gasteiger partial charge in [0.15, 0.2) is 5.54 Å². The van der Waals surface area contributed by atoms with Crippen molar-refractivity contribution in [2.24, 2.45) is 4.99 Å². The van der Waals surface area contributed by atoms with Gasteiger partial charge < -0.3 is 19.9 Å². The quantitative estimate of drug-likeness (QED) is 0.359. The van der Waals surface area contributed by atoms with Crippen molar-refractivity contribution in [3.8, 4) is 5.75 Å². The highest BCUT2D eigenvalue weighted by Crippen LogP contribution is 2.28. The Bertz CT molecular complexity index is 1210. The van der Waals surface area contributed by atoms with Crippen LogP contribution in [0.3, 0.4) is 0 Å². The first-order valence-corrected chi connectivity index (χ1v) is 12.3. The summed E-state index contributed by atoms with van der Waals surface area (Å²) >= 11 is 6.27. The minimum atomic E-state index is -1.10. The summed E-state index contributed by atoms with van der Waals surface area (Å²) in [6.07, 6.45) is 4.88. The van der Waals surface area contributed by atoms with Crippen LogP contribution < -0.4 is 10.1 Å². The van der Waals surface area contributed by atoms with E-state index in [1.165, 1.54) is 0 Å². The van der Waals surface area contributed by atoms with Gasteiger partial charge in [-0.05, 0) is 41.5 Å². The first-order chi connectivity index (χ1) is 17.6. The number of hydrogen-bond acceptors (Lipinski definition) is 5. The van der Waals surface area contributed by atoms with Gasteiger partial charge in [-0.15, -0.1) is 0 Å². The Hall–Kier alpha value is -3.61. The predicted molar refractivity (Wildman–Crippen MR) is 142 cm³/mol. The lowest BCUT2D eigenvalue weighted by atomic mass is 9.95. The van der Waals surface area contributed by atoms with E-state index in [4.69, 9.17) is 31.2 Å². The first-order valence-electron chi connectivity index (χ1n) is 11.9. The van der Waals surface area contributed by atoms with Crippen LogP contribution in [0.15, 0.2) is 89.9 Å². The van der Waals surface area contributed by atoms with Gasteiger partial charge in [-0.1, -0.05) is 72.3 Å². The zero-order valence-electron chi connectivity index (χ0n) is 19.9. The molecular formula is C29H29ClN2O4. The molecule has 0 saturated carbocycles. The molecule has 1 aliphatic rings. The number of halogens is 1. The molecule has 3 aromatic carbocycles. The van der Waals surface area contributed by atoms with Gasteiger partial charge in [0.1, 0.15) is 12.4 Å². The second-order valence-corrected chi connectivity index (χ2v) is 8.89. The van der Waals surface area contributed by atoms with Gasteiger partial charge >= 0.3 is 0 Å². The fourth-order valence-corrected chi connectivity index (χ4v) is 3.99. The molecule has 0 unspecified atom stereocenters. The number of aliphatic imine (C=N–C) groups is 1. The number of benzene rings is 3. The monoisotopic (exact) mass is 504 g/mol. The van der Waals surface area contributed by atoms with E-state index in [1.54, 1.807) is 6.07 Å². The fraction of sp³-hybridized carbons (Fsp3) is 0.241. The molecule has 0 radical (unpaired) electrons. The summed E-state index contributed by atoms with van der Waals surface area (Å²) < 4.78 is 11.5. The summed E-state index contributed by atoms with van der Waals surface area (Å²) in [5.74, 6) is 0.886. The van der Waals surface area contributed by atoms with E-state index >= 15 is 0 Å². The molecule has 3 aromatic rings. The normalized spacial score (nSPS) is 17.0. The lowest BCUT2D eigenvalue weighted by Crippen LogP contribution is -2.46. The zero-order valence-corrected chi connectivity index (χ0v) is 20.7. The lowest BCUT2D eigenvalue weighted by Gasteiger charge is -2.22. The number of aliphatic hydroxyl groups is 1. The topological polar surface area (TPSA) is 80.2 Å². The molecule has 0 saturated heterocycles. The molecule has 0 spiro atoms. The highest BCUT2D eigenvalue weighted by atomic mass is 35.5. The average molecular weight is 505 g/mol. The zero-order chi connectivity index (χ0) is 25.2. The number of amides is 1. The third kappa shape index (κ3) is 6.53. The van der Waals surface area contributed by atoms with E-state index in [-0.39, 0.29) is 19.1 Å². The number of carbonyl (C=O) groups is 1. The van der Waals surface area contributed by atoms with Gasteiger partial charge in [-0.2, -0.15) is 0 Å². The van der Waals surface area contributed by atoms with E-state index < -0.39 is 5.54 Å². The maximum Gasteiger partial charge on any atom is 0.252 e. The Morgan fingerprint density at radius 1 is 1.08 bits per heavy atom. The van der Waals surface area contributed by atoms with Crippen LogP contribution in [0, 0.1) is 0 Å². The molecule has 4 rings (SSSR count).